The highest BCUT2D eigenvalue weighted by atomic mass is 16.1. The van der Waals surface area contributed by atoms with Crippen molar-refractivity contribution in [3.8, 4) is 0 Å². The third kappa shape index (κ3) is 3.13. The van der Waals surface area contributed by atoms with E-state index in [0.717, 1.165) is 62.4 Å². The van der Waals surface area contributed by atoms with Crippen LogP contribution in [-0.2, 0) is 4.79 Å². The van der Waals surface area contributed by atoms with Crippen LogP contribution in [0.2, 0.25) is 0 Å². The molecule has 0 bridgehead atoms. The van der Waals surface area contributed by atoms with E-state index < -0.39 is 0 Å². The van der Waals surface area contributed by atoms with Gasteiger partial charge in [-0.1, -0.05) is 13.3 Å². The van der Waals surface area contributed by atoms with Crippen molar-refractivity contribution in [3.63, 3.8) is 0 Å². The maximum absolute atomic E-state index is 10.9. The molecular formula is C17H24N4O. The number of aromatic amines is 1. The molecule has 0 spiro atoms. The molecule has 22 heavy (non-hydrogen) atoms. The number of carbonyl (C=O) groups is 1. The minimum Gasteiger partial charge on any atom is -0.358 e. The van der Waals surface area contributed by atoms with Gasteiger partial charge in [-0.2, -0.15) is 0 Å². The highest BCUT2D eigenvalue weighted by Gasteiger charge is 2.24. The van der Waals surface area contributed by atoms with Crippen LogP contribution in [0.1, 0.15) is 56.9 Å². The predicted octanol–water partition coefficient (Wildman–Crippen LogP) is 3.64. The molecule has 2 heterocycles. The Morgan fingerprint density at radius 2 is 2.18 bits per heavy atom. The summed E-state index contributed by atoms with van der Waals surface area (Å²) in [5.74, 6) is 1.47. The average Bonchev–Trinajstić information content (AvgIpc) is 2.98. The monoisotopic (exact) mass is 300 g/mol. The Balaban J connectivity index is 1.78. The molecule has 0 aliphatic heterocycles. The first-order valence-corrected chi connectivity index (χ1v) is 8.35. The lowest BCUT2D eigenvalue weighted by atomic mass is 9.80. The maximum atomic E-state index is 10.9. The number of aldehydes is 1. The molecule has 1 aliphatic carbocycles. The molecule has 2 aromatic heterocycles. The molecule has 0 saturated heterocycles. The molecule has 5 heteroatoms. The molecule has 0 radical (unpaired) electrons. The highest BCUT2D eigenvalue weighted by Crippen LogP contribution is 2.37. The molecule has 0 amide bonds. The van der Waals surface area contributed by atoms with E-state index in [1.54, 1.807) is 0 Å². The number of hydrogen-bond donors (Lipinski definition) is 2. The van der Waals surface area contributed by atoms with Gasteiger partial charge in [0.1, 0.15) is 6.29 Å². The molecule has 0 unspecified atom stereocenters. The zero-order valence-corrected chi connectivity index (χ0v) is 13.1. The van der Waals surface area contributed by atoms with Crippen molar-refractivity contribution in [3.05, 3.63) is 18.0 Å². The lowest BCUT2D eigenvalue weighted by molar-refractivity contribution is -0.111. The maximum Gasteiger partial charge on any atom is 0.223 e. The summed E-state index contributed by atoms with van der Waals surface area (Å²) >= 11 is 0. The van der Waals surface area contributed by atoms with E-state index in [9.17, 15) is 4.79 Å². The lowest BCUT2D eigenvalue weighted by Gasteiger charge is -2.24. The molecule has 2 aromatic rings. The number of rotatable bonds is 6. The molecule has 1 fully saturated rings. The van der Waals surface area contributed by atoms with Crippen LogP contribution in [-0.4, -0.2) is 27.8 Å². The van der Waals surface area contributed by atoms with Crippen LogP contribution < -0.4 is 5.32 Å². The van der Waals surface area contributed by atoms with Gasteiger partial charge in [0, 0.05) is 18.7 Å². The Labute approximate surface area is 130 Å². The van der Waals surface area contributed by atoms with Crippen molar-refractivity contribution in [2.45, 2.75) is 51.4 Å². The van der Waals surface area contributed by atoms with E-state index in [-0.39, 0.29) is 5.92 Å². The summed E-state index contributed by atoms with van der Waals surface area (Å²) in [6.45, 7) is 3.08. The Bertz CT molecular complexity index is 629. The summed E-state index contributed by atoms with van der Waals surface area (Å²) < 4.78 is 0. The van der Waals surface area contributed by atoms with Gasteiger partial charge in [-0.05, 0) is 43.6 Å². The van der Waals surface area contributed by atoms with Crippen molar-refractivity contribution in [2.24, 2.45) is 5.92 Å². The van der Waals surface area contributed by atoms with Crippen LogP contribution in [0.25, 0.3) is 11.0 Å². The summed E-state index contributed by atoms with van der Waals surface area (Å²) in [7, 11) is 0. The number of nitrogens with zero attached hydrogens (tertiary/aromatic N) is 2. The van der Waals surface area contributed by atoms with Gasteiger partial charge in [0.15, 0.2) is 0 Å². The Hall–Kier alpha value is -1.91. The zero-order valence-electron chi connectivity index (χ0n) is 13.1. The minimum absolute atomic E-state index is 0.252. The van der Waals surface area contributed by atoms with Crippen molar-refractivity contribution >= 4 is 23.3 Å². The first-order chi connectivity index (χ1) is 10.8. The largest absolute Gasteiger partial charge is 0.358 e. The third-order valence-electron chi connectivity index (χ3n) is 4.66. The SMILES string of the molecule is CCCCNc1ncc2[nH]cc(C3CCC(C=O)CC3)c2n1. The zero-order chi connectivity index (χ0) is 15.4. The number of unbranched alkanes of at least 4 members (excludes halogenated alkanes) is 1. The first-order valence-electron chi connectivity index (χ1n) is 8.35. The predicted molar refractivity (Wildman–Crippen MR) is 88.0 cm³/mol. The van der Waals surface area contributed by atoms with Gasteiger partial charge < -0.3 is 15.1 Å². The molecule has 118 valence electrons. The molecular weight excluding hydrogens is 276 g/mol. The number of anilines is 1. The van der Waals surface area contributed by atoms with Crippen LogP contribution in [0.15, 0.2) is 12.4 Å². The summed E-state index contributed by atoms with van der Waals surface area (Å²) in [4.78, 5) is 23.2. The standard InChI is InChI=1S/C17H24N4O/c1-2-3-8-18-17-20-10-15-16(21-17)14(9-19-15)13-6-4-12(11-22)5-7-13/h9-13,19H,2-8H2,1H3,(H,18,20,21). The summed E-state index contributed by atoms with van der Waals surface area (Å²) in [5.41, 5.74) is 3.30. The van der Waals surface area contributed by atoms with Gasteiger partial charge in [0.2, 0.25) is 5.95 Å². The van der Waals surface area contributed by atoms with E-state index in [2.05, 4.69) is 28.4 Å². The summed E-state index contributed by atoms with van der Waals surface area (Å²) in [6, 6.07) is 0. The fourth-order valence-electron chi connectivity index (χ4n) is 3.27. The van der Waals surface area contributed by atoms with E-state index >= 15 is 0 Å². The minimum atomic E-state index is 0.252. The second-order valence-electron chi connectivity index (χ2n) is 6.23. The molecule has 1 aliphatic rings. The summed E-state index contributed by atoms with van der Waals surface area (Å²) in [5, 5.41) is 3.29. The normalized spacial score (nSPS) is 21.9. The molecule has 5 nitrogen and oxygen atoms in total. The number of fused-ring (bicyclic) bond motifs is 1. The second kappa shape index (κ2) is 6.90. The van der Waals surface area contributed by atoms with Gasteiger partial charge in [-0.25, -0.2) is 9.97 Å². The van der Waals surface area contributed by atoms with Gasteiger partial charge in [0.05, 0.1) is 17.2 Å². The van der Waals surface area contributed by atoms with Gasteiger partial charge in [0.25, 0.3) is 0 Å². The third-order valence-corrected chi connectivity index (χ3v) is 4.66. The van der Waals surface area contributed by atoms with E-state index in [1.165, 1.54) is 5.56 Å². The molecule has 0 atom stereocenters. The number of H-pyrrole nitrogens is 1. The molecule has 1 saturated carbocycles. The highest BCUT2D eigenvalue weighted by molar-refractivity contribution is 5.79. The molecule has 3 rings (SSSR count). The molecule has 2 N–H and O–H groups in total. The van der Waals surface area contributed by atoms with Crippen LogP contribution >= 0.6 is 0 Å². The van der Waals surface area contributed by atoms with E-state index in [4.69, 9.17) is 4.98 Å². The summed E-state index contributed by atoms with van der Waals surface area (Å²) in [6.07, 6.45) is 11.4. The van der Waals surface area contributed by atoms with Gasteiger partial charge in [-0.3, -0.25) is 0 Å². The smallest absolute Gasteiger partial charge is 0.223 e. The van der Waals surface area contributed by atoms with Crippen molar-refractivity contribution in [2.75, 3.05) is 11.9 Å². The molecule has 0 aromatic carbocycles. The van der Waals surface area contributed by atoms with Crippen LogP contribution in [0.4, 0.5) is 5.95 Å². The number of nitrogens with one attached hydrogen (secondary N) is 2. The number of hydrogen-bond acceptors (Lipinski definition) is 4. The quantitative estimate of drug-likeness (QED) is 0.631. The van der Waals surface area contributed by atoms with Gasteiger partial charge in [-0.15, -0.1) is 0 Å². The fraction of sp³-hybridized carbons (Fsp3) is 0.588. The Kier molecular flexibility index (Phi) is 4.71. The Morgan fingerprint density at radius 1 is 1.36 bits per heavy atom. The average molecular weight is 300 g/mol. The second-order valence-corrected chi connectivity index (χ2v) is 6.23. The van der Waals surface area contributed by atoms with E-state index in [0.29, 0.717) is 11.9 Å². The Morgan fingerprint density at radius 3 is 2.91 bits per heavy atom. The van der Waals surface area contributed by atoms with Crippen molar-refractivity contribution in [1.29, 1.82) is 0 Å². The first kappa shape index (κ1) is 15.0. The van der Waals surface area contributed by atoms with Crippen LogP contribution in [0.3, 0.4) is 0 Å². The number of carbonyl (C=O) groups excluding carboxylic acids is 1. The van der Waals surface area contributed by atoms with Crippen molar-refractivity contribution in [1.82, 2.24) is 15.0 Å². The van der Waals surface area contributed by atoms with Crippen molar-refractivity contribution < 1.29 is 4.79 Å². The van der Waals surface area contributed by atoms with E-state index in [1.807, 2.05) is 6.20 Å². The lowest BCUT2D eigenvalue weighted by Crippen LogP contribution is -2.14. The van der Waals surface area contributed by atoms with Crippen LogP contribution in [0, 0.1) is 5.92 Å². The topological polar surface area (TPSA) is 70.7 Å². The van der Waals surface area contributed by atoms with Crippen LogP contribution in [0.5, 0.6) is 0 Å². The number of aromatic nitrogens is 3. The van der Waals surface area contributed by atoms with Gasteiger partial charge >= 0.3 is 0 Å². The fourth-order valence-corrected chi connectivity index (χ4v) is 3.27.